The fourth-order valence-corrected chi connectivity index (χ4v) is 7.87. The minimum atomic E-state index is -1.60. The fourth-order valence-electron chi connectivity index (χ4n) is 7.87. The lowest BCUT2D eigenvalue weighted by Gasteiger charge is -2.61. The van der Waals surface area contributed by atoms with Crippen LogP contribution in [0.4, 0.5) is 0 Å². The lowest BCUT2D eigenvalue weighted by atomic mass is 9.44. The average Bonchev–Trinajstić information content (AvgIpc) is 2.93. The number of carbonyl (C=O) groups excluding carboxylic acids is 3. The van der Waals surface area contributed by atoms with Crippen molar-refractivity contribution in [3.8, 4) is 0 Å². The summed E-state index contributed by atoms with van der Waals surface area (Å²) < 4.78 is 4.90. The van der Waals surface area contributed by atoms with Gasteiger partial charge >= 0.3 is 5.97 Å². The van der Waals surface area contributed by atoms with Crippen LogP contribution in [0, 0.1) is 34.5 Å². The van der Waals surface area contributed by atoms with Crippen LogP contribution in [0.3, 0.4) is 0 Å². The molecule has 0 aromatic heterocycles. The number of aliphatic hydroxyl groups excluding tert-OH is 1. The largest absolute Gasteiger partial charge is 0.458 e. The van der Waals surface area contributed by atoms with E-state index in [1.807, 2.05) is 13.0 Å². The van der Waals surface area contributed by atoms with Gasteiger partial charge in [0.2, 0.25) is 5.78 Å². The number of aliphatic hydroxyl groups is 2. The van der Waals surface area contributed by atoms with Crippen LogP contribution in [-0.2, 0) is 19.1 Å². The van der Waals surface area contributed by atoms with Crippen molar-refractivity contribution >= 4 is 17.5 Å². The van der Waals surface area contributed by atoms with Crippen LogP contribution in [-0.4, -0.2) is 46.1 Å². The number of esters is 1. The predicted molar refractivity (Wildman–Crippen MR) is 109 cm³/mol. The molecule has 0 aliphatic heterocycles. The molecule has 4 aliphatic carbocycles. The third kappa shape index (κ3) is 2.86. The summed E-state index contributed by atoms with van der Waals surface area (Å²) in [6.07, 6.45) is 4.66. The topological polar surface area (TPSA) is 101 Å². The van der Waals surface area contributed by atoms with Gasteiger partial charge in [0.15, 0.2) is 12.4 Å². The Labute approximate surface area is 178 Å². The second-order valence-electron chi connectivity index (χ2n) is 10.7. The lowest BCUT2D eigenvalue weighted by molar-refractivity contribution is -0.186. The summed E-state index contributed by atoms with van der Waals surface area (Å²) in [7, 11) is 0. The molecule has 3 saturated carbocycles. The molecule has 0 spiro atoms. The standard InChI is InChI=1S/C24H34O6/c1-13-9-16-17-6-8-24(29,20(28)12-30-14(2)25)23(17,4)11-19(27)21(16)22(3)7-5-15(26)10-18(13)22/h10,13,16-17,19,21,27,29H,5-9,11-12H2,1-4H3/t13?,16-,17-,19?,21+,22-,23-,24-/m0/s1. The molecule has 166 valence electrons. The molecule has 0 saturated heterocycles. The van der Waals surface area contributed by atoms with E-state index in [0.29, 0.717) is 25.7 Å². The first-order chi connectivity index (χ1) is 13.9. The lowest BCUT2D eigenvalue weighted by Crippen LogP contribution is -2.62. The quantitative estimate of drug-likeness (QED) is 0.683. The Balaban J connectivity index is 1.69. The van der Waals surface area contributed by atoms with Gasteiger partial charge in [-0.2, -0.15) is 0 Å². The van der Waals surface area contributed by atoms with Crippen LogP contribution in [0.25, 0.3) is 0 Å². The summed E-state index contributed by atoms with van der Waals surface area (Å²) in [5.74, 6) is -0.287. The van der Waals surface area contributed by atoms with Crippen molar-refractivity contribution in [2.45, 2.75) is 77.9 Å². The van der Waals surface area contributed by atoms with Crippen molar-refractivity contribution in [2.75, 3.05) is 6.61 Å². The zero-order chi connectivity index (χ0) is 22.1. The minimum absolute atomic E-state index is 0.0250. The highest BCUT2D eigenvalue weighted by molar-refractivity contribution is 5.92. The molecule has 0 amide bonds. The zero-order valence-electron chi connectivity index (χ0n) is 18.4. The minimum Gasteiger partial charge on any atom is -0.458 e. The van der Waals surface area contributed by atoms with E-state index in [9.17, 15) is 24.6 Å². The summed E-state index contributed by atoms with van der Waals surface area (Å²) in [5.41, 5.74) is -1.41. The molecule has 2 unspecified atom stereocenters. The zero-order valence-corrected chi connectivity index (χ0v) is 18.4. The average molecular weight is 419 g/mol. The number of rotatable bonds is 3. The van der Waals surface area contributed by atoms with E-state index in [0.717, 1.165) is 12.8 Å². The van der Waals surface area contributed by atoms with Gasteiger partial charge in [0, 0.05) is 18.8 Å². The third-order valence-electron chi connectivity index (χ3n) is 9.23. The van der Waals surface area contributed by atoms with Crippen molar-refractivity contribution in [3.63, 3.8) is 0 Å². The monoisotopic (exact) mass is 418 g/mol. The van der Waals surface area contributed by atoms with Crippen molar-refractivity contribution < 1.29 is 29.3 Å². The van der Waals surface area contributed by atoms with E-state index in [1.54, 1.807) is 0 Å². The van der Waals surface area contributed by atoms with Crippen LogP contribution >= 0.6 is 0 Å². The van der Waals surface area contributed by atoms with Crippen molar-refractivity contribution in [3.05, 3.63) is 11.6 Å². The second kappa shape index (κ2) is 6.99. The van der Waals surface area contributed by atoms with Gasteiger partial charge in [0.1, 0.15) is 5.60 Å². The SMILES string of the molecule is CC(=O)OCC(=O)[C@@]1(O)CC[C@H]2[C@@H]3CC(C)C4=CC(=O)CC[C@]4(C)[C@H]3C(O)C[C@@]21C. The van der Waals surface area contributed by atoms with E-state index in [4.69, 9.17) is 4.74 Å². The number of Topliss-reactive ketones (excluding diaryl/α,β-unsaturated/α-hetero) is 1. The van der Waals surface area contributed by atoms with Crippen molar-refractivity contribution in [1.29, 1.82) is 0 Å². The highest BCUT2D eigenvalue weighted by atomic mass is 16.5. The summed E-state index contributed by atoms with van der Waals surface area (Å²) in [4.78, 5) is 36.2. The second-order valence-corrected chi connectivity index (χ2v) is 10.7. The smallest absolute Gasteiger partial charge is 0.303 e. The summed E-state index contributed by atoms with van der Waals surface area (Å²) in [6.45, 7) is 7.09. The highest BCUT2D eigenvalue weighted by Gasteiger charge is 2.68. The van der Waals surface area contributed by atoms with Crippen LogP contribution in [0.5, 0.6) is 0 Å². The molecule has 6 heteroatoms. The molecule has 0 aromatic rings. The number of ketones is 2. The summed E-state index contributed by atoms with van der Waals surface area (Å²) >= 11 is 0. The first-order valence-electron chi connectivity index (χ1n) is 11.3. The number of allylic oxidation sites excluding steroid dienone is 1. The molecule has 0 heterocycles. The number of fused-ring (bicyclic) bond motifs is 5. The first-order valence-corrected chi connectivity index (χ1v) is 11.3. The fraction of sp³-hybridized carbons (Fsp3) is 0.792. The molecule has 0 radical (unpaired) electrons. The molecule has 4 aliphatic rings. The molecular weight excluding hydrogens is 384 g/mol. The predicted octanol–water partition coefficient (Wildman–Crippen LogP) is 2.60. The number of hydrogen-bond donors (Lipinski definition) is 2. The van der Waals surface area contributed by atoms with Crippen molar-refractivity contribution in [1.82, 2.24) is 0 Å². The van der Waals surface area contributed by atoms with Crippen LogP contribution in [0.2, 0.25) is 0 Å². The van der Waals surface area contributed by atoms with Crippen LogP contribution in [0.1, 0.15) is 66.2 Å². The maximum absolute atomic E-state index is 12.9. The maximum Gasteiger partial charge on any atom is 0.303 e. The molecule has 2 N–H and O–H groups in total. The van der Waals surface area contributed by atoms with Gasteiger partial charge in [-0.25, -0.2) is 0 Å². The molecule has 6 nitrogen and oxygen atoms in total. The Bertz CT molecular complexity index is 817. The maximum atomic E-state index is 12.9. The van der Waals surface area contributed by atoms with Crippen LogP contribution < -0.4 is 0 Å². The molecule has 30 heavy (non-hydrogen) atoms. The van der Waals surface area contributed by atoms with Gasteiger partial charge in [-0.3, -0.25) is 14.4 Å². The van der Waals surface area contributed by atoms with Gasteiger partial charge in [0.05, 0.1) is 6.10 Å². The van der Waals surface area contributed by atoms with E-state index in [-0.39, 0.29) is 34.9 Å². The Hall–Kier alpha value is -1.53. The first kappa shape index (κ1) is 21.7. The Morgan fingerprint density at radius 1 is 1.27 bits per heavy atom. The summed E-state index contributed by atoms with van der Waals surface area (Å²) in [5, 5.41) is 22.9. The van der Waals surface area contributed by atoms with Crippen LogP contribution in [0.15, 0.2) is 11.6 Å². The molecule has 4 rings (SSSR count). The molecule has 3 fully saturated rings. The van der Waals surface area contributed by atoms with Gasteiger partial charge in [0.25, 0.3) is 0 Å². The molecular formula is C24H34O6. The number of ether oxygens (including phenoxy) is 1. The van der Waals surface area contributed by atoms with Gasteiger partial charge in [-0.15, -0.1) is 0 Å². The van der Waals surface area contributed by atoms with Gasteiger partial charge in [-0.05, 0) is 67.3 Å². The third-order valence-corrected chi connectivity index (χ3v) is 9.23. The number of carbonyl (C=O) groups is 3. The van der Waals surface area contributed by atoms with E-state index in [1.165, 1.54) is 12.5 Å². The number of hydrogen-bond acceptors (Lipinski definition) is 6. The summed E-state index contributed by atoms with van der Waals surface area (Å²) in [6, 6.07) is 0. The van der Waals surface area contributed by atoms with Gasteiger partial charge in [-0.1, -0.05) is 26.3 Å². The molecule has 0 bridgehead atoms. The Morgan fingerprint density at radius 3 is 2.63 bits per heavy atom. The van der Waals surface area contributed by atoms with E-state index < -0.39 is 35.5 Å². The Kier molecular flexibility index (Phi) is 5.06. The van der Waals surface area contributed by atoms with Crippen molar-refractivity contribution in [2.24, 2.45) is 34.5 Å². The Morgan fingerprint density at radius 2 is 1.97 bits per heavy atom. The molecule has 8 atom stereocenters. The normalized spacial score (nSPS) is 47.6. The van der Waals surface area contributed by atoms with E-state index >= 15 is 0 Å². The van der Waals surface area contributed by atoms with Gasteiger partial charge < -0.3 is 14.9 Å². The highest BCUT2D eigenvalue weighted by Crippen LogP contribution is 2.68. The van der Waals surface area contributed by atoms with E-state index in [2.05, 4.69) is 13.8 Å². The molecule has 0 aromatic carbocycles.